The van der Waals surface area contributed by atoms with E-state index in [1.807, 2.05) is 0 Å². The smallest absolute Gasteiger partial charge is 0.354 e. The van der Waals surface area contributed by atoms with Crippen molar-refractivity contribution in [3.05, 3.63) is 9.93 Å². The predicted octanol–water partition coefficient (Wildman–Crippen LogP) is 1.26. The van der Waals surface area contributed by atoms with E-state index in [1.165, 1.54) is 35.3 Å². The molecule has 2 heterocycles. The Morgan fingerprint density at radius 1 is 1.59 bits per heavy atom. The lowest BCUT2D eigenvalue weighted by Gasteiger charge is -2.33. The van der Waals surface area contributed by atoms with Crippen LogP contribution in [-0.2, 0) is 14.4 Å². The fourth-order valence-electron chi connectivity index (χ4n) is 1.61. The molecule has 0 radical (unpaired) electrons. The minimum Gasteiger partial charge on any atom is -0.477 e. The fourth-order valence-corrected chi connectivity index (χ4v) is 4.46. The lowest BCUT2D eigenvalue weighted by atomic mass is 10.2. The number of nitrogens with zero attached hydrogens (tertiary/aromatic N) is 1. The summed E-state index contributed by atoms with van der Waals surface area (Å²) in [5, 5.41) is 9.04. The molecule has 17 heavy (non-hydrogen) atoms. The molecule has 0 aromatic rings. The van der Waals surface area contributed by atoms with Crippen LogP contribution in [0.1, 0.15) is 19.8 Å². The molecule has 0 spiro atoms. The highest BCUT2D eigenvalue weighted by atomic mass is 32.2. The molecule has 5 nitrogen and oxygen atoms in total. The summed E-state index contributed by atoms with van der Waals surface area (Å²) in [7, 11) is 0. The molecule has 2 aliphatic rings. The van der Waals surface area contributed by atoms with Crippen LogP contribution in [0.3, 0.4) is 0 Å². The Labute approximate surface area is 107 Å². The highest BCUT2D eigenvalue weighted by molar-refractivity contribution is 8.22. The van der Waals surface area contributed by atoms with Gasteiger partial charge in [0, 0.05) is 12.2 Å². The van der Waals surface area contributed by atoms with E-state index in [2.05, 4.69) is 0 Å². The van der Waals surface area contributed by atoms with E-state index in [4.69, 9.17) is 5.11 Å². The maximum atomic E-state index is 11.3. The molecule has 0 aromatic heterocycles. The first-order valence-electron chi connectivity index (χ1n) is 5.09. The van der Waals surface area contributed by atoms with Crippen molar-refractivity contribution in [3.8, 4) is 0 Å². The summed E-state index contributed by atoms with van der Waals surface area (Å²) in [5.41, 5.74) is 0.0878. The van der Waals surface area contributed by atoms with Crippen molar-refractivity contribution in [2.75, 3.05) is 5.75 Å². The number of amides is 1. The van der Waals surface area contributed by atoms with Gasteiger partial charge in [0.25, 0.3) is 0 Å². The highest BCUT2D eigenvalue weighted by Gasteiger charge is 2.48. The molecule has 0 unspecified atom stereocenters. The number of carbonyl (C=O) groups is 3. The highest BCUT2D eigenvalue weighted by Crippen LogP contribution is 2.50. The van der Waals surface area contributed by atoms with Crippen LogP contribution in [-0.4, -0.2) is 38.8 Å². The van der Waals surface area contributed by atoms with Crippen LogP contribution >= 0.6 is 23.5 Å². The third kappa shape index (κ3) is 2.35. The maximum Gasteiger partial charge on any atom is 0.354 e. The van der Waals surface area contributed by atoms with Gasteiger partial charge < -0.3 is 5.11 Å². The fraction of sp³-hybridized carbons (Fsp3) is 0.500. The largest absolute Gasteiger partial charge is 0.477 e. The van der Waals surface area contributed by atoms with E-state index in [0.29, 0.717) is 22.8 Å². The first kappa shape index (κ1) is 12.5. The van der Waals surface area contributed by atoms with Crippen molar-refractivity contribution in [1.29, 1.82) is 0 Å². The SMILES string of the molecule is CC(=O)CCSC1=C(C(=O)O)N2C(=O)C[C@H]2S1. The van der Waals surface area contributed by atoms with Crippen LogP contribution < -0.4 is 0 Å². The molecule has 1 N–H and O–H groups in total. The molecule has 0 aliphatic carbocycles. The van der Waals surface area contributed by atoms with Crippen LogP contribution in [0.15, 0.2) is 9.93 Å². The van der Waals surface area contributed by atoms with Gasteiger partial charge in [0.1, 0.15) is 5.78 Å². The Kier molecular flexibility index (Phi) is 3.48. The molecule has 2 aliphatic heterocycles. The molecule has 0 saturated carbocycles. The average Bonchev–Trinajstić information content (AvgIpc) is 2.50. The number of carbonyl (C=O) groups excluding carboxylic acids is 2. The van der Waals surface area contributed by atoms with Crippen LogP contribution in [0.4, 0.5) is 0 Å². The van der Waals surface area contributed by atoms with Crippen molar-refractivity contribution in [1.82, 2.24) is 4.90 Å². The van der Waals surface area contributed by atoms with Crippen molar-refractivity contribution >= 4 is 41.2 Å². The van der Waals surface area contributed by atoms with Crippen LogP contribution in [0.5, 0.6) is 0 Å². The summed E-state index contributed by atoms with van der Waals surface area (Å²) in [6.07, 6.45) is 0.818. The molecule has 1 atom stereocenters. The zero-order valence-corrected chi connectivity index (χ0v) is 10.8. The molecule has 1 amide bonds. The van der Waals surface area contributed by atoms with E-state index in [9.17, 15) is 14.4 Å². The lowest BCUT2D eigenvalue weighted by Crippen LogP contribution is -2.48. The quantitative estimate of drug-likeness (QED) is 0.760. The molecular formula is C10H11NO4S2. The number of thioether (sulfide) groups is 2. The van der Waals surface area contributed by atoms with Gasteiger partial charge in [-0.25, -0.2) is 4.79 Å². The number of fused-ring (bicyclic) bond motifs is 1. The summed E-state index contributed by atoms with van der Waals surface area (Å²) < 4.78 is 0.648. The summed E-state index contributed by atoms with van der Waals surface area (Å²) in [5.74, 6) is -0.568. The van der Waals surface area contributed by atoms with E-state index in [-0.39, 0.29) is 22.8 Å². The summed E-state index contributed by atoms with van der Waals surface area (Å²) in [4.78, 5) is 34.6. The Balaban J connectivity index is 2.07. The topological polar surface area (TPSA) is 74.7 Å². The number of hydrogen-bond donors (Lipinski definition) is 1. The lowest BCUT2D eigenvalue weighted by molar-refractivity contribution is -0.145. The Morgan fingerprint density at radius 2 is 2.29 bits per heavy atom. The molecule has 92 valence electrons. The van der Waals surface area contributed by atoms with Gasteiger partial charge >= 0.3 is 5.97 Å². The van der Waals surface area contributed by atoms with Crippen molar-refractivity contribution < 1.29 is 19.5 Å². The maximum absolute atomic E-state index is 11.3. The number of aliphatic carboxylic acids is 1. The second kappa shape index (κ2) is 4.73. The van der Waals surface area contributed by atoms with Crippen molar-refractivity contribution in [2.24, 2.45) is 0 Å². The Hall–Kier alpha value is -0.950. The van der Waals surface area contributed by atoms with E-state index in [1.54, 1.807) is 0 Å². The Morgan fingerprint density at radius 3 is 2.82 bits per heavy atom. The van der Waals surface area contributed by atoms with E-state index >= 15 is 0 Å². The monoisotopic (exact) mass is 273 g/mol. The van der Waals surface area contributed by atoms with Crippen LogP contribution in [0, 0.1) is 0 Å². The van der Waals surface area contributed by atoms with Gasteiger partial charge in [0.2, 0.25) is 5.91 Å². The standard InChI is InChI=1S/C10H11NO4S2/c1-5(12)2-3-16-10-8(9(14)15)11-6(13)4-7(11)17-10/h7H,2-4H2,1H3,(H,14,15)/t7-/m1/s1. The first-order chi connectivity index (χ1) is 8.00. The van der Waals surface area contributed by atoms with Crippen molar-refractivity contribution in [3.63, 3.8) is 0 Å². The van der Waals surface area contributed by atoms with Crippen LogP contribution in [0.2, 0.25) is 0 Å². The molecule has 1 fully saturated rings. The van der Waals surface area contributed by atoms with Gasteiger partial charge in [-0.1, -0.05) is 11.8 Å². The van der Waals surface area contributed by atoms with Crippen molar-refractivity contribution in [2.45, 2.75) is 25.1 Å². The molecular weight excluding hydrogens is 262 g/mol. The normalized spacial score (nSPS) is 22.5. The molecule has 2 rings (SSSR count). The number of β-lactam (4-membered cyclic amide) rings is 1. The van der Waals surface area contributed by atoms with Crippen LogP contribution in [0.25, 0.3) is 0 Å². The number of carboxylic acid groups (broad SMARTS) is 1. The zero-order chi connectivity index (χ0) is 12.6. The number of hydrogen-bond acceptors (Lipinski definition) is 5. The molecule has 1 saturated heterocycles. The Bertz CT molecular complexity index is 432. The third-order valence-corrected chi connectivity index (χ3v) is 5.04. The van der Waals surface area contributed by atoms with Gasteiger partial charge in [0.05, 0.1) is 16.0 Å². The summed E-state index contributed by atoms with van der Waals surface area (Å²) in [6.45, 7) is 1.51. The third-order valence-electron chi connectivity index (χ3n) is 2.47. The minimum absolute atomic E-state index is 0.0478. The number of carboxylic acids is 1. The second-order valence-electron chi connectivity index (χ2n) is 3.78. The zero-order valence-electron chi connectivity index (χ0n) is 9.13. The van der Waals surface area contributed by atoms with E-state index in [0.717, 1.165) is 0 Å². The van der Waals surface area contributed by atoms with Gasteiger partial charge in [-0.3, -0.25) is 14.5 Å². The summed E-state index contributed by atoms with van der Waals surface area (Å²) >= 11 is 2.75. The van der Waals surface area contributed by atoms with Gasteiger partial charge in [-0.05, 0) is 6.92 Å². The number of rotatable bonds is 5. The molecule has 0 bridgehead atoms. The molecule has 7 heteroatoms. The predicted molar refractivity (Wildman–Crippen MR) is 65.3 cm³/mol. The van der Waals surface area contributed by atoms with Gasteiger partial charge in [-0.2, -0.15) is 0 Å². The number of ketones is 1. The first-order valence-corrected chi connectivity index (χ1v) is 6.95. The van der Waals surface area contributed by atoms with Gasteiger partial charge in [0.15, 0.2) is 5.70 Å². The summed E-state index contributed by atoms with van der Waals surface area (Å²) in [6, 6.07) is 0. The van der Waals surface area contributed by atoms with Gasteiger partial charge in [-0.15, -0.1) is 11.8 Å². The average molecular weight is 273 g/mol. The molecule has 0 aromatic carbocycles. The van der Waals surface area contributed by atoms with E-state index < -0.39 is 5.97 Å². The number of Topliss-reactive ketones (excluding diaryl/α,β-unsaturated/α-hetero) is 1. The second-order valence-corrected chi connectivity index (χ2v) is 6.33. The minimum atomic E-state index is -1.07.